The fraction of sp³-hybridized carbons (Fsp3) is 0.368. The molecule has 0 atom stereocenters. The first kappa shape index (κ1) is 15.4. The third kappa shape index (κ3) is 3.29. The molecule has 1 aromatic carbocycles. The second-order valence-corrected chi connectivity index (χ2v) is 6.99. The van der Waals surface area contributed by atoms with Crippen LogP contribution in [0.25, 0.3) is 0 Å². The summed E-state index contributed by atoms with van der Waals surface area (Å²) < 4.78 is 1.82. The molecule has 1 aromatic heterocycles. The van der Waals surface area contributed by atoms with Crippen molar-refractivity contribution >= 4 is 11.6 Å². The number of carbonyl (C=O) groups is 1. The number of rotatable bonds is 3. The quantitative estimate of drug-likeness (QED) is 0.878. The predicted octanol–water partition coefficient (Wildman–Crippen LogP) is 3.75. The van der Waals surface area contributed by atoms with E-state index < -0.39 is 0 Å². The SMILES string of the molecule is C#Cc1cccc(NC(=O)c2cc(C3CC3)nn2C(C)(C)C)c1. The fourth-order valence-corrected chi connectivity index (χ4v) is 2.53. The summed E-state index contributed by atoms with van der Waals surface area (Å²) in [5.41, 5.74) is 2.79. The lowest BCUT2D eigenvalue weighted by atomic mass is 10.1. The summed E-state index contributed by atoms with van der Waals surface area (Å²) in [6.45, 7) is 6.14. The minimum atomic E-state index is -0.250. The molecule has 23 heavy (non-hydrogen) atoms. The summed E-state index contributed by atoms with van der Waals surface area (Å²) in [6, 6.07) is 9.21. The van der Waals surface area contributed by atoms with Crippen LogP contribution in [-0.4, -0.2) is 15.7 Å². The van der Waals surface area contributed by atoms with Crippen molar-refractivity contribution in [2.75, 3.05) is 5.32 Å². The molecule has 118 valence electrons. The Balaban J connectivity index is 1.90. The van der Waals surface area contributed by atoms with Gasteiger partial charge in [-0.2, -0.15) is 5.10 Å². The predicted molar refractivity (Wildman–Crippen MR) is 91.5 cm³/mol. The number of benzene rings is 1. The van der Waals surface area contributed by atoms with Gasteiger partial charge in [0.05, 0.1) is 11.2 Å². The molecule has 3 rings (SSSR count). The first-order chi connectivity index (χ1) is 10.9. The lowest BCUT2D eigenvalue weighted by molar-refractivity contribution is 0.100. The van der Waals surface area contributed by atoms with E-state index in [1.807, 2.05) is 49.7 Å². The number of anilines is 1. The third-order valence-electron chi connectivity index (χ3n) is 3.88. The van der Waals surface area contributed by atoms with Crippen LogP contribution in [0.5, 0.6) is 0 Å². The normalized spacial score (nSPS) is 14.3. The van der Waals surface area contributed by atoms with Gasteiger partial charge in [0.25, 0.3) is 5.91 Å². The zero-order valence-corrected chi connectivity index (χ0v) is 13.8. The highest BCUT2D eigenvalue weighted by Gasteiger charge is 2.31. The van der Waals surface area contributed by atoms with Crippen LogP contribution in [0, 0.1) is 12.3 Å². The molecule has 1 aliphatic rings. The van der Waals surface area contributed by atoms with Crippen LogP contribution < -0.4 is 5.32 Å². The van der Waals surface area contributed by atoms with E-state index in [-0.39, 0.29) is 11.4 Å². The Hall–Kier alpha value is -2.54. The van der Waals surface area contributed by atoms with Gasteiger partial charge in [0.15, 0.2) is 0 Å². The van der Waals surface area contributed by atoms with Gasteiger partial charge in [0, 0.05) is 17.2 Å². The maximum absolute atomic E-state index is 12.7. The van der Waals surface area contributed by atoms with Crippen LogP contribution in [0.4, 0.5) is 5.69 Å². The van der Waals surface area contributed by atoms with E-state index in [1.165, 1.54) is 0 Å². The summed E-state index contributed by atoms with van der Waals surface area (Å²) in [5, 5.41) is 7.59. The van der Waals surface area contributed by atoms with E-state index >= 15 is 0 Å². The molecular weight excluding hydrogens is 286 g/mol. The molecule has 2 aromatic rings. The Bertz CT molecular complexity index is 786. The van der Waals surface area contributed by atoms with E-state index in [0.29, 0.717) is 17.3 Å². The molecule has 0 radical (unpaired) electrons. The van der Waals surface area contributed by atoms with E-state index in [9.17, 15) is 4.79 Å². The fourth-order valence-electron chi connectivity index (χ4n) is 2.53. The highest BCUT2D eigenvalue weighted by Crippen LogP contribution is 2.40. The molecule has 0 unspecified atom stereocenters. The van der Waals surface area contributed by atoms with E-state index in [2.05, 4.69) is 16.3 Å². The zero-order valence-electron chi connectivity index (χ0n) is 13.8. The topological polar surface area (TPSA) is 46.9 Å². The largest absolute Gasteiger partial charge is 0.321 e. The number of nitrogens with one attached hydrogen (secondary N) is 1. The summed E-state index contributed by atoms with van der Waals surface area (Å²) >= 11 is 0. The van der Waals surface area contributed by atoms with Crippen LogP contribution >= 0.6 is 0 Å². The third-order valence-corrected chi connectivity index (χ3v) is 3.88. The lowest BCUT2D eigenvalue weighted by Crippen LogP contribution is -2.29. The molecule has 4 nitrogen and oxygen atoms in total. The Morgan fingerprint density at radius 1 is 1.35 bits per heavy atom. The van der Waals surface area contributed by atoms with Gasteiger partial charge in [-0.1, -0.05) is 12.0 Å². The Kier molecular flexibility index (Phi) is 3.73. The van der Waals surface area contributed by atoms with Gasteiger partial charge < -0.3 is 5.32 Å². The average Bonchev–Trinajstić information content (AvgIpc) is 3.24. The number of nitrogens with zero attached hydrogens (tertiary/aromatic N) is 2. The Labute approximate surface area is 136 Å². The molecule has 0 aliphatic heterocycles. The summed E-state index contributed by atoms with van der Waals surface area (Å²) in [4.78, 5) is 12.7. The van der Waals surface area contributed by atoms with Gasteiger partial charge in [-0.3, -0.25) is 9.48 Å². The first-order valence-electron chi connectivity index (χ1n) is 7.87. The molecule has 1 fully saturated rings. The van der Waals surface area contributed by atoms with E-state index in [4.69, 9.17) is 6.42 Å². The van der Waals surface area contributed by atoms with E-state index in [0.717, 1.165) is 24.1 Å². The lowest BCUT2D eigenvalue weighted by Gasteiger charge is -2.22. The van der Waals surface area contributed by atoms with Crippen LogP contribution in [0.3, 0.4) is 0 Å². The molecular formula is C19H21N3O. The van der Waals surface area contributed by atoms with Crippen molar-refractivity contribution in [2.45, 2.75) is 45.1 Å². The van der Waals surface area contributed by atoms with Crippen molar-refractivity contribution in [1.82, 2.24) is 9.78 Å². The summed E-state index contributed by atoms with van der Waals surface area (Å²) in [6.07, 6.45) is 7.73. The molecule has 0 saturated heterocycles. The van der Waals surface area contributed by atoms with Crippen LogP contribution in [0.15, 0.2) is 30.3 Å². The number of hydrogen-bond donors (Lipinski definition) is 1. The average molecular weight is 307 g/mol. The van der Waals surface area contributed by atoms with Crippen molar-refractivity contribution in [3.05, 3.63) is 47.3 Å². The second kappa shape index (κ2) is 5.58. The van der Waals surface area contributed by atoms with Gasteiger partial charge in [-0.25, -0.2) is 0 Å². The monoisotopic (exact) mass is 307 g/mol. The second-order valence-electron chi connectivity index (χ2n) is 6.99. The standard InChI is InChI=1S/C19H21N3O/c1-5-13-7-6-8-15(11-13)20-18(23)17-12-16(14-9-10-14)21-22(17)19(2,3)4/h1,6-8,11-12,14H,9-10H2,2-4H3,(H,20,23). The number of aromatic nitrogens is 2. The molecule has 1 heterocycles. The van der Waals surface area contributed by atoms with Gasteiger partial charge >= 0.3 is 0 Å². The summed E-state index contributed by atoms with van der Waals surface area (Å²) in [7, 11) is 0. The molecule has 0 spiro atoms. The Morgan fingerprint density at radius 3 is 2.70 bits per heavy atom. The maximum Gasteiger partial charge on any atom is 0.273 e. The van der Waals surface area contributed by atoms with Crippen LogP contribution in [0.2, 0.25) is 0 Å². The van der Waals surface area contributed by atoms with Crippen molar-refractivity contribution < 1.29 is 4.79 Å². The molecule has 1 amide bonds. The smallest absolute Gasteiger partial charge is 0.273 e. The minimum Gasteiger partial charge on any atom is -0.321 e. The number of terminal acetylenes is 1. The first-order valence-corrected chi connectivity index (χ1v) is 7.87. The molecule has 0 bridgehead atoms. The van der Waals surface area contributed by atoms with Gasteiger partial charge in [-0.15, -0.1) is 6.42 Å². The van der Waals surface area contributed by atoms with Crippen LogP contribution in [0.1, 0.15) is 61.3 Å². The van der Waals surface area contributed by atoms with E-state index in [1.54, 1.807) is 6.07 Å². The molecule has 1 aliphatic carbocycles. The minimum absolute atomic E-state index is 0.159. The Morgan fingerprint density at radius 2 is 2.09 bits per heavy atom. The van der Waals surface area contributed by atoms with Crippen molar-refractivity contribution in [3.63, 3.8) is 0 Å². The summed E-state index contributed by atoms with van der Waals surface area (Å²) in [5.74, 6) is 2.92. The zero-order chi connectivity index (χ0) is 16.6. The van der Waals surface area contributed by atoms with Crippen molar-refractivity contribution in [2.24, 2.45) is 0 Å². The van der Waals surface area contributed by atoms with Crippen LogP contribution in [-0.2, 0) is 5.54 Å². The van der Waals surface area contributed by atoms with Crippen molar-refractivity contribution in [1.29, 1.82) is 0 Å². The molecule has 4 heteroatoms. The molecule has 1 saturated carbocycles. The van der Waals surface area contributed by atoms with Gasteiger partial charge in [0.1, 0.15) is 5.69 Å². The highest BCUT2D eigenvalue weighted by molar-refractivity contribution is 6.03. The van der Waals surface area contributed by atoms with Crippen molar-refractivity contribution in [3.8, 4) is 12.3 Å². The number of amides is 1. The number of carbonyl (C=O) groups excluding carboxylic acids is 1. The maximum atomic E-state index is 12.7. The number of hydrogen-bond acceptors (Lipinski definition) is 2. The molecule has 1 N–H and O–H groups in total. The van der Waals surface area contributed by atoms with Gasteiger partial charge in [0.2, 0.25) is 0 Å². The van der Waals surface area contributed by atoms with Gasteiger partial charge in [-0.05, 0) is 57.9 Å². The highest BCUT2D eigenvalue weighted by atomic mass is 16.2.